The largest absolute Gasteiger partial charge is 0.484 e. The highest BCUT2D eigenvalue weighted by Crippen LogP contribution is 2.19. The van der Waals surface area contributed by atoms with Crippen LogP contribution in [0.15, 0.2) is 30.3 Å². The molecule has 0 saturated heterocycles. The van der Waals surface area contributed by atoms with E-state index in [0.717, 1.165) is 17.8 Å². The molecule has 0 aliphatic heterocycles. The van der Waals surface area contributed by atoms with Crippen molar-refractivity contribution >= 4 is 11.8 Å². The van der Waals surface area contributed by atoms with E-state index in [2.05, 4.69) is 36.2 Å². The quantitative estimate of drug-likeness (QED) is 0.781. The fraction of sp³-hybridized carbons (Fsp3) is 0.400. The Morgan fingerprint density at radius 2 is 1.77 bits per heavy atom. The van der Waals surface area contributed by atoms with Gasteiger partial charge in [-0.05, 0) is 57.9 Å². The number of hydrazine groups is 1. The number of aryl methyl sites for hydroxylation is 2. The van der Waals surface area contributed by atoms with Crippen LogP contribution in [0.3, 0.4) is 0 Å². The van der Waals surface area contributed by atoms with E-state index in [1.165, 1.54) is 5.56 Å². The van der Waals surface area contributed by atoms with Gasteiger partial charge >= 0.3 is 0 Å². The zero-order chi connectivity index (χ0) is 19.3. The van der Waals surface area contributed by atoms with E-state index in [1.807, 2.05) is 44.2 Å². The zero-order valence-corrected chi connectivity index (χ0v) is 16.1. The van der Waals surface area contributed by atoms with Crippen molar-refractivity contribution in [3.05, 3.63) is 52.8 Å². The van der Waals surface area contributed by atoms with Crippen LogP contribution >= 0.6 is 0 Å². The number of nitrogens with one attached hydrogen (secondary N) is 2. The van der Waals surface area contributed by atoms with Crippen LogP contribution in [0.1, 0.15) is 54.1 Å². The van der Waals surface area contributed by atoms with E-state index >= 15 is 0 Å². The van der Waals surface area contributed by atoms with Crippen LogP contribution in [-0.2, 0) is 11.2 Å². The molecular weight excluding hydrogens is 330 g/mol. The van der Waals surface area contributed by atoms with Gasteiger partial charge in [0.1, 0.15) is 5.75 Å². The van der Waals surface area contributed by atoms with Gasteiger partial charge in [-0.3, -0.25) is 20.4 Å². The predicted octanol–water partition coefficient (Wildman–Crippen LogP) is 3.09. The minimum atomic E-state index is -0.421. The molecule has 140 valence electrons. The first-order chi connectivity index (χ1) is 12.3. The maximum atomic E-state index is 12.3. The van der Waals surface area contributed by atoms with Crippen LogP contribution in [0, 0.1) is 13.8 Å². The molecule has 2 aromatic rings. The maximum Gasteiger partial charge on any atom is 0.276 e. The van der Waals surface area contributed by atoms with Crippen molar-refractivity contribution in [1.82, 2.24) is 15.4 Å². The number of amides is 2. The number of carbonyl (C=O) groups is 2. The van der Waals surface area contributed by atoms with Crippen molar-refractivity contribution < 1.29 is 14.3 Å². The lowest BCUT2D eigenvalue weighted by Crippen LogP contribution is -2.44. The highest BCUT2D eigenvalue weighted by atomic mass is 16.5. The van der Waals surface area contributed by atoms with Gasteiger partial charge in [-0.25, -0.2) is 0 Å². The lowest BCUT2D eigenvalue weighted by molar-refractivity contribution is -0.123. The van der Waals surface area contributed by atoms with Crippen LogP contribution in [0.5, 0.6) is 5.75 Å². The average molecular weight is 357 g/mol. The summed E-state index contributed by atoms with van der Waals surface area (Å²) in [7, 11) is 0. The predicted molar refractivity (Wildman–Crippen MR) is 101 cm³/mol. The molecule has 2 amide bonds. The standard InChI is InChI=1S/C20H27N3O3/c1-6-16-7-9-17(10-8-16)26-12-19(24)21-22-20(25)18-11-14(4)23(13(2)3)15(18)5/h7-11,13H,6,12H2,1-5H3,(H,21,24)(H,22,25). The SMILES string of the molecule is CCc1ccc(OCC(=O)NNC(=O)c2cc(C)n(C(C)C)c2C)cc1. The molecule has 0 bridgehead atoms. The van der Waals surface area contributed by atoms with Gasteiger partial charge in [0, 0.05) is 17.4 Å². The topological polar surface area (TPSA) is 72.4 Å². The Hall–Kier alpha value is -2.76. The van der Waals surface area contributed by atoms with Crippen molar-refractivity contribution in [3.63, 3.8) is 0 Å². The molecule has 2 rings (SSSR count). The molecule has 0 radical (unpaired) electrons. The minimum Gasteiger partial charge on any atom is -0.484 e. The molecule has 1 heterocycles. The Morgan fingerprint density at radius 1 is 1.12 bits per heavy atom. The summed E-state index contributed by atoms with van der Waals surface area (Å²) in [6.45, 7) is 9.88. The monoisotopic (exact) mass is 357 g/mol. The summed E-state index contributed by atoms with van der Waals surface area (Å²) >= 11 is 0. The number of nitrogens with zero attached hydrogens (tertiary/aromatic N) is 1. The Bertz CT molecular complexity index is 776. The van der Waals surface area contributed by atoms with Crippen molar-refractivity contribution in [2.75, 3.05) is 6.61 Å². The van der Waals surface area contributed by atoms with Crippen LogP contribution in [0.4, 0.5) is 0 Å². The molecular formula is C20H27N3O3. The summed E-state index contributed by atoms with van der Waals surface area (Å²) in [4.78, 5) is 24.2. The fourth-order valence-corrected chi connectivity index (χ4v) is 3.00. The number of ether oxygens (including phenoxy) is 1. The molecule has 0 atom stereocenters. The van der Waals surface area contributed by atoms with Gasteiger partial charge in [0.2, 0.25) is 0 Å². The van der Waals surface area contributed by atoms with E-state index < -0.39 is 5.91 Å². The second-order valence-electron chi connectivity index (χ2n) is 6.54. The summed E-state index contributed by atoms with van der Waals surface area (Å²) in [5, 5.41) is 0. The van der Waals surface area contributed by atoms with Crippen LogP contribution in [0.25, 0.3) is 0 Å². The second-order valence-corrected chi connectivity index (χ2v) is 6.54. The van der Waals surface area contributed by atoms with Gasteiger partial charge in [-0.2, -0.15) is 0 Å². The van der Waals surface area contributed by atoms with E-state index in [-0.39, 0.29) is 18.6 Å². The number of rotatable bonds is 6. The van der Waals surface area contributed by atoms with Gasteiger partial charge < -0.3 is 9.30 Å². The summed E-state index contributed by atoms with van der Waals surface area (Å²) in [6, 6.07) is 9.65. The zero-order valence-electron chi connectivity index (χ0n) is 16.1. The van der Waals surface area contributed by atoms with Crippen molar-refractivity contribution in [3.8, 4) is 5.75 Å². The Kier molecular flexibility index (Phi) is 6.44. The summed E-state index contributed by atoms with van der Waals surface area (Å²) in [5.74, 6) is -0.148. The molecule has 6 nitrogen and oxygen atoms in total. The normalized spacial score (nSPS) is 10.7. The van der Waals surface area contributed by atoms with Crippen molar-refractivity contribution in [2.24, 2.45) is 0 Å². The molecule has 0 fully saturated rings. The average Bonchev–Trinajstić information content (AvgIpc) is 2.92. The summed E-state index contributed by atoms with van der Waals surface area (Å²) in [5.41, 5.74) is 8.46. The van der Waals surface area contributed by atoms with E-state index in [4.69, 9.17) is 4.74 Å². The number of benzene rings is 1. The first kappa shape index (κ1) is 19.6. The molecule has 1 aromatic heterocycles. The van der Waals surface area contributed by atoms with E-state index in [9.17, 15) is 9.59 Å². The summed E-state index contributed by atoms with van der Waals surface area (Å²) in [6.07, 6.45) is 0.949. The fourth-order valence-electron chi connectivity index (χ4n) is 3.00. The van der Waals surface area contributed by atoms with Crippen LogP contribution in [-0.4, -0.2) is 23.0 Å². The van der Waals surface area contributed by atoms with Gasteiger partial charge in [0.25, 0.3) is 11.8 Å². The molecule has 0 spiro atoms. The number of carbonyl (C=O) groups excluding carboxylic acids is 2. The molecule has 0 unspecified atom stereocenters. The van der Waals surface area contributed by atoms with Gasteiger partial charge in [-0.1, -0.05) is 19.1 Å². The van der Waals surface area contributed by atoms with Crippen LogP contribution < -0.4 is 15.6 Å². The summed E-state index contributed by atoms with van der Waals surface area (Å²) < 4.78 is 7.50. The molecule has 1 aromatic carbocycles. The van der Waals surface area contributed by atoms with E-state index in [1.54, 1.807) is 0 Å². The van der Waals surface area contributed by atoms with Crippen molar-refractivity contribution in [1.29, 1.82) is 0 Å². The molecule has 26 heavy (non-hydrogen) atoms. The molecule has 6 heteroatoms. The third-order valence-electron chi connectivity index (χ3n) is 4.26. The van der Waals surface area contributed by atoms with Gasteiger partial charge in [0.05, 0.1) is 5.56 Å². The lowest BCUT2D eigenvalue weighted by Gasteiger charge is -2.14. The lowest BCUT2D eigenvalue weighted by atomic mass is 10.2. The van der Waals surface area contributed by atoms with Crippen LogP contribution in [0.2, 0.25) is 0 Å². The maximum absolute atomic E-state index is 12.3. The Morgan fingerprint density at radius 3 is 2.31 bits per heavy atom. The first-order valence-corrected chi connectivity index (χ1v) is 8.82. The first-order valence-electron chi connectivity index (χ1n) is 8.82. The number of aromatic nitrogens is 1. The highest BCUT2D eigenvalue weighted by molar-refractivity contribution is 5.96. The molecule has 0 saturated carbocycles. The Labute approximate surface area is 154 Å². The molecule has 0 aliphatic carbocycles. The molecule has 0 aliphatic rings. The Balaban J connectivity index is 1.87. The minimum absolute atomic E-state index is 0.170. The highest BCUT2D eigenvalue weighted by Gasteiger charge is 2.17. The number of hydrogen-bond donors (Lipinski definition) is 2. The van der Waals surface area contributed by atoms with Gasteiger partial charge in [-0.15, -0.1) is 0 Å². The number of hydrogen-bond acceptors (Lipinski definition) is 3. The van der Waals surface area contributed by atoms with Gasteiger partial charge in [0.15, 0.2) is 6.61 Å². The smallest absolute Gasteiger partial charge is 0.276 e. The molecule has 2 N–H and O–H groups in total. The van der Waals surface area contributed by atoms with E-state index in [0.29, 0.717) is 11.3 Å². The van der Waals surface area contributed by atoms with Crippen molar-refractivity contribution in [2.45, 2.75) is 47.1 Å². The second kappa shape index (κ2) is 8.56. The third kappa shape index (κ3) is 4.65. The third-order valence-corrected chi connectivity index (χ3v) is 4.26.